The molecule has 2 aromatic rings. The van der Waals surface area contributed by atoms with Crippen molar-refractivity contribution in [3.63, 3.8) is 0 Å². The van der Waals surface area contributed by atoms with Crippen LogP contribution in [0.5, 0.6) is 0 Å². The topological polar surface area (TPSA) is 93.1 Å². The molecule has 1 N–H and O–H groups in total. The zero-order valence-electron chi connectivity index (χ0n) is 21.1. The first-order chi connectivity index (χ1) is 17.5. The first kappa shape index (κ1) is 24.6. The second-order valence-electron chi connectivity index (χ2n) is 10.3. The molecule has 0 bridgehead atoms. The summed E-state index contributed by atoms with van der Waals surface area (Å²) in [6, 6.07) is 12.4. The molecule has 0 spiro atoms. The van der Waals surface area contributed by atoms with E-state index in [1.54, 1.807) is 16.7 Å². The Morgan fingerprint density at radius 2 is 1.72 bits per heavy atom. The number of aromatic nitrogens is 2. The molecule has 0 unspecified atom stereocenters. The van der Waals surface area contributed by atoms with E-state index in [4.69, 9.17) is 0 Å². The molecule has 2 fully saturated rings. The van der Waals surface area contributed by atoms with E-state index in [2.05, 4.69) is 39.4 Å². The van der Waals surface area contributed by atoms with Gasteiger partial charge in [-0.15, -0.1) is 0 Å². The van der Waals surface area contributed by atoms with Gasteiger partial charge >= 0.3 is 6.03 Å². The summed E-state index contributed by atoms with van der Waals surface area (Å²) in [4.78, 5) is 32.2. The number of carbonyl (C=O) groups excluding carboxylic acids is 2. The fourth-order valence-electron chi connectivity index (χ4n) is 5.63. The molecule has 1 atom stereocenters. The van der Waals surface area contributed by atoms with Gasteiger partial charge in [-0.25, -0.2) is 4.79 Å². The third-order valence-electron chi connectivity index (χ3n) is 7.74. The molecule has 36 heavy (non-hydrogen) atoms. The summed E-state index contributed by atoms with van der Waals surface area (Å²) in [5.41, 5.74) is 4.44. The third-order valence-corrected chi connectivity index (χ3v) is 7.74. The van der Waals surface area contributed by atoms with Crippen LogP contribution in [-0.4, -0.2) is 98.8 Å². The Bertz CT molecular complexity index is 1070. The average molecular weight is 493 g/mol. The van der Waals surface area contributed by atoms with Crippen LogP contribution < -0.4 is 0 Å². The Morgan fingerprint density at radius 1 is 0.972 bits per heavy atom. The largest absolute Gasteiger partial charge is 0.390 e. The first-order valence-electron chi connectivity index (χ1n) is 13.1. The van der Waals surface area contributed by atoms with E-state index in [-0.39, 0.29) is 11.9 Å². The van der Waals surface area contributed by atoms with Gasteiger partial charge in [-0.2, -0.15) is 10.2 Å². The summed E-state index contributed by atoms with van der Waals surface area (Å²) < 4.78 is 0. The van der Waals surface area contributed by atoms with Crippen molar-refractivity contribution < 1.29 is 14.7 Å². The summed E-state index contributed by atoms with van der Waals surface area (Å²) in [5, 5.41) is 19.5. The highest BCUT2D eigenvalue weighted by Gasteiger charge is 2.31. The van der Waals surface area contributed by atoms with Crippen LogP contribution in [0.2, 0.25) is 0 Å². The lowest BCUT2D eigenvalue weighted by Crippen LogP contribution is -2.43. The van der Waals surface area contributed by atoms with Crippen LogP contribution in [0.15, 0.2) is 36.4 Å². The van der Waals surface area contributed by atoms with E-state index in [1.807, 2.05) is 17.0 Å². The zero-order chi connectivity index (χ0) is 25.1. The predicted molar refractivity (Wildman–Crippen MR) is 135 cm³/mol. The van der Waals surface area contributed by atoms with Crippen LogP contribution in [0.4, 0.5) is 4.79 Å². The number of likely N-dealkylation sites (tertiary alicyclic amines) is 1. The molecule has 0 aliphatic carbocycles. The maximum Gasteiger partial charge on any atom is 0.320 e. The molecule has 5 rings (SSSR count). The molecule has 4 heterocycles. The van der Waals surface area contributed by atoms with Gasteiger partial charge in [0.05, 0.1) is 24.0 Å². The van der Waals surface area contributed by atoms with Crippen LogP contribution in [0.3, 0.4) is 0 Å². The molecule has 9 nitrogen and oxygen atoms in total. The second-order valence-corrected chi connectivity index (χ2v) is 10.3. The number of fused-ring (bicyclic) bond motifs is 1. The summed E-state index contributed by atoms with van der Waals surface area (Å²) in [6.07, 6.45) is 2.22. The number of rotatable bonds is 7. The number of hydrogen-bond donors (Lipinski definition) is 1. The molecule has 0 radical (unpaired) electrons. The highest BCUT2D eigenvalue weighted by Crippen LogP contribution is 2.26. The maximum atomic E-state index is 12.9. The Balaban J connectivity index is 1.08. The molecule has 1 aromatic carbocycles. The molecule has 0 saturated carbocycles. The quantitative estimate of drug-likeness (QED) is 0.634. The fourth-order valence-corrected chi connectivity index (χ4v) is 5.63. The number of amides is 3. The lowest BCUT2D eigenvalue weighted by Gasteiger charge is -2.31. The number of hydrogen-bond acceptors (Lipinski definition) is 6. The van der Waals surface area contributed by atoms with Gasteiger partial charge < -0.3 is 19.8 Å². The van der Waals surface area contributed by atoms with Crippen molar-refractivity contribution >= 4 is 11.9 Å². The summed E-state index contributed by atoms with van der Waals surface area (Å²) >= 11 is 0. The minimum absolute atomic E-state index is 0.0551. The van der Waals surface area contributed by atoms with E-state index in [0.29, 0.717) is 38.6 Å². The number of urea groups is 1. The van der Waals surface area contributed by atoms with E-state index >= 15 is 0 Å². The Hall–Kier alpha value is -3.04. The normalized spacial score (nSPS) is 20.1. The maximum absolute atomic E-state index is 12.9. The molecule has 2 saturated heterocycles. The molecule has 3 amide bonds. The number of benzene rings is 1. The Kier molecular flexibility index (Phi) is 7.48. The van der Waals surface area contributed by atoms with Crippen LogP contribution in [0, 0.1) is 0 Å². The number of β-amino-alcohol motifs (C(OH)–C–C–N with tert-alkyl or cyclic N) is 1. The van der Waals surface area contributed by atoms with Gasteiger partial charge in [-0.05, 0) is 42.5 Å². The molecular weight excluding hydrogens is 456 g/mol. The zero-order valence-corrected chi connectivity index (χ0v) is 21.1. The van der Waals surface area contributed by atoms with Crippen molar-refractivity contribution in [2.75, 3.05) is 45.8 Å². The second kappa shape index (κ2) is 10.9. The molecular formula is C27H36N6O3. The third kappa shape index (κ3) is 5.68. The molecule has 192 valence electrons. The van der Waals surface area contributed by atoms with Gasteiger partial charge in [0.1, 0.15) is 0 Å². The first-order valence-corrected chi connectivity index (χ1v) is 13.1. The van der Waals surface area contributed by atoms with Crippen molar-refractivity contribution in [2.24, 2.45) is 0 Å². The van der Waals surface area contributed by atoms with Gasteiger partial charge in [-0.1, -0.05) is 24.3 Å². The monoisotopic (exact) mass is 492 g/mol. The molecule has 9 heteroatoms. The number of carbonyl (C=O) groups is 2. The molecule has 1 aromatic heterocycles. The summed E-state index contributed by atoms with van der Waals surface area (Å²) in [7, 11) is 0. The van der Waals surface area contributed by atoms with Crippen LogP contribution in [0.1, 0.15) is 48.2 Å². The van der Waals surface area contributed by atoms with Crippen LogP contribution in [0.25, 0.3) is 0 Å². The van der Waals surface area contributed by atoms with E-state index in [0.717, 1.165) is 56.8 Å². The van der Waals surface area contributed by atoms with Gasteiger partial charge in [-0.3, -0.25) is 9.69 Å². The Labute approximate surface area is 212 Å². The standard InChI is InChI=1S/C27H36N6O3/c1-20(34)31-12-9-22(10-13-31)26-7-6-24(28-29-26)17-32-14-15-33(27(32)36)19-25(35)18-30-11-8-21-4-2-3-5-23(21)16-30/h2-7,22,25,35H,8-19H2,1H3/t25-/m1/s1. The number of piperidine rings is 1. The van der Waals surface area contributed by atoms with Gasteiger partial charge in [0.15, 0.2) is 0 Å². The van der Waals surface area contributed by atoms with Crippen molar-refractivity contribution in [3.8, 4) is 0 Å². The summed E-state index contributed by atoms with van der Waals surface area (Å²) in [5.74, 6) is 0.449. The average Bonchev–Trinajstić information content (AvgIpc) is 3.22. The predicted octanol–water partition coefficient (Wildman–Crippen LogP) is 1.86. The van der Waals surface area contributed by atoms with Crippen LogP contribution >= 0.6 is 0 Å². The lowest BCUT2D eigenvalue weighted by atomic mass is 9.93. The van der Waals surface area contributed by atoms with Gasteiger partial charge in [0.25, 0.3) is 0 Å². The van der Waals surface area contributed by atoms with E-state index in [9.17, 15) is 14.7 Å². The minimum Gasteiger partial charge on any atom is -0.390 e. The minimum atomic E-state index is -0.576. The van der Waals surface area contributed by atoms with Crippen molar-refractivity contribution in [1.29, 1.82) is 0 Å². The van der Waals surface area contributed by atoms with Crippen molar-refractivity contribution in [2.45, 2.75) is 51.3 Å². The van der Waals surface area contributed by atoms with Crippen molar-refractivity contribution in [1.82, 2.24) is 29.8 Å². The molecule has 3 aliphatic heterocycles. The van der Waals surface area contributed by atoms with Crippen molar-refractivity contribution in [3.05, 3.63) is 58.9 Å². The lowest BCUT2D eigenvalue weighted by molar-refractivity contribution is -0.129. The SMILES string of the molecule is CC(=O)N1CCC(c2ccc(CN3CCN(C[C@H](O)CN4CCc5ccccc5C4)C3=O)nn2)CC1. The Morgan fingerprint density at radius 3 is 2.44 bits per heavy atom. The van der Waals surface area contributed by atoms with E-state index in [1.165, 1.54) is 11.1 Å². The number of aliphatic hydroxyl groups excluding tert-OH is 1. The highest BCUT2D eigenvalue weighted by molar-refractivity contribution is 5.76. The fraction of sp³-hybridized carbons (Fsp3) is 0.556. The summed E-state index contributed by atoms with van der Waals surface area (Å²) in [6.45, 7) is 7.48. The molecule has 3 aliphatic rings. The number of nitrogens with zero attached hydrogens (tertiary/aromatic N) is 6. The van der Waals surface area contributed by atoms with Gasteiger partial charge in [0.2, 0.25) is 5.91 Å². The van der Waals surface area contributed by atoms with Gasteiger partial charge in [0, 0.05) is 65.2 Å². The van der Waals surface area contributed by atoms with Crippen LogP contribution in [-0.2, 0) is 24.3 Å². The number of aliphatic hydroxyl groups is 1. The highest BCUT2D eigenvalue weighted by atomic mass is 16.3. The van der Waals surface area contributed by atoms with E-state index < -0.39 is 6.10 Å². The smallest absolute Gasteiger partial charge is 0.320 e.